The van der Waals surface area contributed by atoms with Crippen LogP contribution >= 0.6 is 0 Å². The van der Waals surface area contributed by atoms with Gasteiger partial charge in [0.05, 0.1) is 29.3 Å². The standard InChI is InChI=1S/C25H28N8/c1-17(31-7-2-3-8-31)21-12-27-23-5-4-18(14-32(21)23)20-6-9-33-22(20)13-28-24(30-33)29-19-10-25(11-19)15-26-16-25/h4-6,9,12-14,19,26H,1-3,7-8,10-11,15-16H2,(H,29,30). The lowest BCUT2D eigenvalue weighted by Gasteiger charge is -2.54. The van der Waals surface area contributed by atoms with Crippen molar-refractivity contribution in [2.75, 3.05) is 31.5 Å². The molecule has 4 aromatic heterocycles. The molecule has 168 valence electrons. The smallest absolute Gasteiger partial charge is 0.241 e. The van der Waals surface area contributed by atoms with E-state index in [9.17, 15) is 0 Å². The first-order chi connectivity index (χ1) is 16.2. The van der Waals surface area contributed by atoms with E-state index in [2.05, 4.69) is 60.9 Å². The van der Waals surface area contributed by atoms with E-state index < -0.39 is 0 Å². The molecule has 2 aliphatic heterocycles. The molecule has 0 unspecified atom stereocenters. The van der Waals surface area contributed by atoms with Gasteiger partial charge in [0.2, 0.25) is 5.95 Å². The van der Waals surface area contributed by atoms with Crippen molar-refractivity contribution in [1.82, 2.24) is 34.2 Å². The number of fused-ring (bicyclic) bond motifs is 2. The van der Waals surface area contributed by atoms with Crippen LogP contribution < -0.4 is 10.6 Å². The molecule has 7 rings (SSSR count). The number of pyridine rings is 1. The molecule has 4 aromatic rings. The Labute approximate surface area is 192 Å². The van der Waals surface area contributed by atoms with Gasteiger partial charge in [0.25, 0.3) is 0 Å². The first-order valence-corrected chi connectivity index (χ1v) is 11.9. The number of imidazole rings is 1. The summed E-state index contributed by atoms with van der Waals surface area (Å²) in [7, 11) is 0. The molecule has 8 heteroatoms. The maximum atomic E-state index is 4.72. The number of rotatable bonds is 5. The zero-order valence-electron chi connectivity index (χ0n) is 18.7. The average Bonchev–Trinajstić information content (AvgIpc) is 3.53. The fraction of sp³-hybridized carbons (Fsp3) is 0.400. The summed E-state index contributed by atoms with van der Waals surface area (Å²) in [5.74, 6) is 0.700. The molecule has 2 saturated heterocycles. The zero-order valence-corrected chi connectivity index (χ0v) is 18.7. The van der Waals surface area contributed by atoms with Crippen LogP contribution in [0.5, 0.6) is 0 Å². The van der Waals surface area contributed by atoms with Gasteiger partial charge in [-0.2, -0.15) is 0 Å². The molecule has 1 saturated carbocycles. The Hall–Kier alpha value is -3.39. The van der Waals surface area contributed by atoms with Crippen LogP contribution in [-0.4, -0.2) is 61.1 Å². The van der Waals surface area contributed by atoms with Gasteiger partial charge in [0, 0.05) is 55.7 Å². The van der Waals surface area contributed by atoms with Crippen molar-refractivity contribution in [1.29, 1.82) is 0 Å². The van der Waals surface area contributed by atoms with E-state index in [4.69, 9.17) is 5.10 Å². The zero-order chi connectivity index (χ0) is 22.0. The number of nitrogens with one attached hydrogen (secondary N) is 2. The summed E-state index contributed by atoms with van der Waals surface area (Å²) in [6.07, 6.45) is 12.9. The largest absolute Gasteiger partial charge is 0.370 e. The van der Waals surface area contributed by atoms with Crippen LogP contribution in [0, 0.1) is 5.41 Å². The molecule has 6 heterocycles. The molecule has 0 atom stereocenters. The monoisotopic (exact) mass is 440 g/mol. The van der Waals surface area contributed by atoms with Crippen LogP contribution in [0.1, 0.15) is 31.4 Å². The minimum Gasteiger partial charge on any atom is -0.370 e. The van der Waals surface area contributed by atoms with E-state index in [1.54, 1.807) is 0 Å². The molecule has 2 N–H and O–H groups in total. The van der Waals surface area contributed by atoms with Gasteiger partial charge in [-0.05, 0) is 49.3 Å². The third-order valence-electron chi connectivity index (χ3n) is 7.71. The van der Waals surface area contributed by atoms with Gasteiger partial charge < -0.3 is 15.5 Å². The normalized spacial score (nSPS) is 19.8. The second-order valence-corrected chi connectivity index (χ2v) is 9.92. The SMILES string of the molecule is C=C(c1cnc2ccc(-c3ccn4nc(NC5CC6(CNC6)C5)ncc34)cn12)N1CCCC1. The van der Waals surface area contributed by atoms with Gasteiger partial charge >= 0.3 is 0 Å². The summed E-state index contributed by atoms with van der Waals surface area (Å²) in [6, 6.07) is 6.77. The Morgan fingerprint density at radius 1 is 1.09 bits per heavy atom. The van der Waals surface area contributed by atoms with Crippen molar-refractivity contribution in [2.24, 2.45) is 5.41 Å². The molecular weight excluding hydrogens is 412 g/mol. The van der Waals surface area contributed by atoms with Crippen molar-refractivity contribution in [3.8, 4) is 11.1 Å². The Bertz CT molecular complexity index is 1360. The topological polar surface area (TPSA) is 74.8 Å². The van der Waals surface area contributed by atoms with Gasteiger partial charge in [-0.3, -0.25) is 4.40 Å². The van der Waals surface area contributed by atoms with Crippen molar-refractivity contribution in [3.63, 3.8) is 0 Å². The van der Waals surface area contributed by atoms with Crippen molar-refractivity contribution < 1.29 is 0 Å². The highest BCUT2D eigenvalue weighted by molar-refractivity contribution is 5.81. The lowest BCUT2D eigenvalue weighted by Crippen LogP contribution is -2.63. The summed E-state index contributed by atoms with van der Waals surface area (Å²) in [4.78, 5) is 11.6. The highest BCUT2D eigenvalue weighted by atomic mass is 15.3. The molecule has 1 aliphatic carbocycles. The Morgan fingerprint density at radius 3 is 2.73 bits per heavy atom. The van der Waals surface area contributed by atoms with E-state index in [0.29, 0.717) is 17.4 Å². The number of nitrogens with zero attached hydrogens (tertiary/aromatic N) is 6. The molecular formula is C25H28N8. The fourth-order valence-electron chi connectivity index (χ4n) is 5.75. The lowest BCUT2D eigenvalue weighted by molar-refractivity contribution is 0.0467. The quantitative estimate of drug-likeness (QED) is 0.496. The summed E-state index contributed by atoms with van der Waals surface area (Å²) < 4.78 is 4.07. The Morgan fingerprint density at radius 2 is 1.94 bits per heavy atom. The van der Waals surface area contributed by atoms with Crippen LogP contribution in [-0.2, 0) is 0 Å². The number of hydrogen-bond donors (Lipinski definition) is 2. The van der Waals surface area contributed by atoms with Crippen LogP contribution in [0.25, 0.3) is 28.0 Å². The second kappa shape index (κ2) is 7.05. The van der Waals surface area contributed by atoms with Gasteiger partial charge in [0.1, 0.15) is 5.65 Å². The number of likely N-dealkylation sites (tertiary alicyclic amines) is 1. The minimum atomic E-state index is 0.477. The minimum absolute atomic E-state index is 0.477. The maximum absolute atomic E-state index is 4.72. The molecule has 1 spiro atoms. The Kier molecular flexibility index (Phi) is 4.08. The molecule has 0 aromatic carbocycles. The van der Waals surface area contributed by atoms with Gasteiger partial charge in [-0.25, -0.2) is 14.5 Å². The number of anilines is 1. The van der Waals surface area contributed by atoms with Crippen LogP contribution in [0.2, 0.25) is 0 Å². The van der Waals surface area contributed by atoms with Crippen molar-refractivity contribution in [2.45, 2.75) is 31.7 Å². The highest BCUT2D eigenvalue weighted by Gasteiger charge is 2.48. The summed E-state index contributed by atoms with van der Waals surface area (Å²) in [5, 5.41) is 11.6. The second-order valence-electron chi connectivity index (χ2n) is 9.92. The fourth-order valence-corrected chi connectivity index (χ4v) is 5.75. The molecule has 3 fully saturated rings. The van der Waals surface area contributed by atoms with Gasteiger partial charge in [-0.15, -0.1) is 5.10 Å². The van der Waals surface area contributed by atoms with E-state index in [1.165, 1.54) is 25.7 Å². The third-order valence-corrected chi connectivity index (χ3v) is 7.71. The predicted octanol–water partition coefficient (Wildman–Crippen LogP) is 3.27. The van der Waals surface area contributed by atoms with E-state index in [0.717, 1.165) is 59.9 Å². The number of aromatic nitrogens is 5. The van der Waals surface area contributed by atoms with E-state index in [-0.39, 0.29) is 0 Å². The summed E-state index contributed by atoms with van der Waals surface area (Å²) in [6.45, 7) is 8.82. The molecule has 0 amide bonds. The first-order valence-electron chi connectivity index (χ1n) is 11.9. The molecule has 33 heavy (non-hydrogen) atoms. The number of hydrogen-bond acceptors (Lipinski definition) is 6. The average molecular weight is 441 g/mol. The highest BCUT2D eigenvalue weighted by Crippen LogP contribution is 2.45. The van der Waals surface area contributed by atoms with Gasteiger partial charge in [-0.1, -0.05) is 6.58 Å². The van der Waals surface area contributed by atoms with E-state index in [1.807, 2.05) is 23.1 Å². The third kappa shape index (κ3) is 3.04. The van der Waals surface area contributed by atoms with Crippen molar-refractivity contribution in [3.05, 3.63) is 55.3 Å². The van der Waals surface area contributed by atoms with Gasteiger partial charge in [0.15, 0.2) is 0 Å². The summed E-state index contributed by atoms with van der Waals surface area (Å²) >= 11 is 0. The molecule has 0 bridgehead atoms. The maximum Gasteiger partial charge on any atom is 0.241 e. The van der Waals surface area contributed by atoms with Crippen LogP contribution in [0.3, 0.4) is 0 Å². The van der Waals surface area contributed by atoms with Crippen LogP contribution in [0.15, 0.2) is 49.6 Å². The molecule has 0 radical (unpaired) electrons. The predicted molar refractivity (Wildman–Crippen MR) is 129 cm³/mol. The van der Waals surface area contributed by atoms with Crippen LogP contribution in [0.4, 0.5) is 5.95 Å². The van der Waals surface area contributed by atoms with Crippen molar-refractivity contribution >= 4 is 22.8 Å². The summed E-state index contributed by atoms with van der Waals surface area (Å²) in [5.41, 5.74) is 6.79. The van der Waals surface area contributed by atoms with E-state index >= 15 is 0 Å². The molecule has 8 nitrogen and oxygen atoms in total. The Balaban J connectivity index is 1.17. The first kappa shape index (κ1) is 19.1. The lowest BCUT2D eigenvalue weighted by atomic mass is 9.62. The molecule has 3 aliphatic rings.